The van der Waals surface area contributed by atoms with Crippen molar-refractivity contribution in [2.75, 3.05) is 18.6 Å². The molecule has 0 radical (unpaired) electrons. The summed E-state index contributed by atoms with van der Waals surface area (Å²) in [6.45, 7) is 2.21. The molecule has 1 fully saturated rings. The van der Waals surface area contributed by atoms with Gasteiger partial charge in [-0.3, -0.25) is 0 Å². The predicted molar refractivity (Wildman–Crippen MR) is 68.4 cm³/mol. The first-order valence-corrected chi connectivity index (χ1v) is 8.27. The molecule has 1 N–H and O–H groups in total. The van der Waals surface area contributed by atoms with Gasteiger partial charge in [-0.15, -0.1) is 0 Å². The minimum absolute atomic E-state index is 0.393. The van der Waals surface area contributed by atoms with Gasteiger partial charge in [0.05, 0.1) is 11.5 Å². The fourth-order valence-electron chi connectivity index (χ4n) is 2.48. The van der Waals surface area contributed by atoms with Crippen LogP contribution < -0.4 is 5.32 Å². The molecule has 3 nitrogen and oxygen atoms in total. The minimum atomic E-state index is -2.70. The van der Waals surface area contributed by atoms with Crippen LogP contribution in [0.1, 0.15) is 45.4 Å². The molecule has 0 aliphatic carbocycles. The van der Waals surface area contributed by atoms with E-state index in [-0.39, 0.29) is 0 Å². The second kappa shape index (κ2) is 6.60. The highest BCUT2D eigenvalue weighted by atomic mass is 32.2. The van der Waals surface area contributed by atoms with Crippen molar-refractivity contribution in [1.82, 2.24) is 5.32 Å². The second-order valence-corrected chi connectivity index (χ2v) is 7.21. The summed E-state index contributed by atoms with van der Waals surface area (Å²) in [5.41, 5.74) is 0. The van der Waals surface area contributed by atoms with E-state index in [0.29, 0.717) is 23.5 Å². The Morgan fingerprint density at radius 1 is 1.38 bits per heavy atom. The zero-order chi connectivity index (χ0) is 12.0. The summed E-state index contributed by atoms with van der Waals surface area (Å²) in [6.07, 6.45) is 6.85. The SMILES string of the molecule is CCCCCC(CC1CCS(=O)(=O)C1)NC. The zero-order valence-corrected chi connectivity index (χ0v) is 11.4. The van der Waals surface area contributed by atoms with E-state index in [0.717, 1.165) is 12.8 Å². The Bertz CT molecular complexity index is 287. The van der Waals surface area contributed by atoms with Crippen LogP contribution in [0.15, 0.2) is 0 Å². The lowest BCUT2D eigenvalue weighted by Crippen LogP contribution is -2.28. The maximum Gasteiger partial charge on any atom is 0.150 e. The molecule has 0 amide bonds. The average Bonchev–Trinajstić information content (AvgIpc) is 2.57. The third kappa shape index (κ3) is 4.83. The molecule has 1 heterocycles. The lowest BCUT2D eigenvalue weighted by molar-refractivity contribution is 0.395. The number of hydrogen-bond acceptors (Lipinski definition) is 3. The van der Waals surface area contributed by atoms with Gasteiger partial charge in [0.15, 0.2) is 9.84 Å². The molecule has 1 aliphatic rings. The van der Waals surface area contributed by atoms with Gasteiger partial charge in [0, 0.05) is 6.04 Å². The molecule has 0 saturated carbocycles. The smallest absolute Gasteiger partial charge is 0.150 e. The van der Waals surface area contributed by atoms with Gasteiger partial charge in [0.2, 0.25) is 0 Å². The summed E-state index contributed by atoms with van der Waals surface area (Å²) >= 11 is 0. The molecule has 1 rings (SSSR count). The van der Waals surface area contributed by atoms with Gasteiger partial charge in [-0.25, -0.2) is 8.42 Å². The minimum Gasteiger partial charge on any atom is -0.317 e. The van der Waals surface area contributed by atoms with E-state index in [1.54, 1.807) is 0 Å². The van der Waals surface area contributed by atoms with Crippen LogP contribution in [0.3, 0.4) is 0 Å². The molecule has 2 unspecified atom stereocenters. The van der Waals surface area contributed by atoms with Gasteiger partial charge >= 0.3 is 0 Å². The lowest BCUT2D eigenvalue weighted by atomic mass is 9.96. The normalized spacial score (nSPS) is 25.8. The van der Waals surface area contributed by atoms with Crippen molar-refractivity contribution >= 4 is 9.84 Å². The molecule has 0 aromatic rings. The monoisotopic (exact) mass is 247 g/mol. The zero-order valence-electron chi connectivity index (χ0n) is 10.5. The predicted octanol–water partition coefficient (Wildman–Crippen LogP) is 1.98. The standard InChI is InChI=1S/C12H25NO2S/c1-3-4-5-6-12(13-2)9-11-7-8-16(14,15)10-11/h11-13H,3-10H2,1-2H3. The number of hydrogen-bond donors (Lipinski definition) is 1. The summed E-state index contributed by atoms with van der Waals surface area (Å²) in [5.74, 6) is 1.21. The van der Waals surface area contributed by atoms with Crippen LogP contribution in [-0.2, 0) is 9.84 Å². The first-order valence-electron chi connectivity index (χ1n) is 6.45. The van der Waals surface area contributed by atoms with Crippen LogP contribution >= 0.6 is 0 Å². The molecule has 0 aromatic carbocycles. The second-order valence-electron chi connectivity index (χ2n) is 4.99. The molecule has 0 bridgehead atoms. The van der Waals surface area contributed by atoms with E-state index in [9.17, 15) is 8.42 Å². The van der Waals surface area contributed by atoms with Gasteiger partial charge in [-0.2, -0.15) is 0 Å². The Morgan fingerprint density at radius 2 is 2.12 bits per heavy atom. The fourth-order valence-corrected chi connectivity index (χ4v) is 4.36. The van der Waals surface area contributed by atoms with E-state index in [1.807, 2.05) is 7.05 Å². The topological polar surface area (TPSA) is 46.2 Å². The van der Waals surface area contributed by atoms with Crippen molar-refractivity contribution in [3.8, 4) is 0 Å². The van der Waals surface area contributed by atoms with Crippen LogP contribution in [0.2, 0.25) is 0 Å². The third-order valence-electron chi connectivity index (χ3n) is 3.51. The average molecular weight is 247 g/mol. The highest BCUT2D eigenvalue weighted by Gasteiger charge is 2.29. The van der Waals surface area contributed by atoms with Crippen molar-refractivity contribution in [2.45, 2.75) is 51.5 Å². The molecule has 1 aliphatic heterocycles. The highest BCUT2D eigenvalue weighted by molar-refractivity contribution is 7.91. The fraction of sp³-hybridized carbons (Fsp3) is 1.00. The van der Waals surface area contributed by atoms with E-state index < -0.39 is 9.84 Å². The molecule has 96 valence electrons. The molecule has 1 saturated heterocycles. The number of unbranched alkanes of at least 4 members (excludes halogenated alkanes) is 2. The quantitative estimate of drug-likeness (QED) is 0.700. The molecule has 0 spiro atoms. The van der Waals surface area contributed by atoms with E-state index in [1.165, 1.54) is 25.7 Å². The van der Waals surface area contributed by atoms with Crippen molar-refractivity contribution in [2.24, 2.45) is 5.92 Å². The third-order valence-corrected chi connectivity index (χ3v) is 5.35. The molecular weight excluding hydrogens is 222 g/mol. The Hall–Kier alpha value is -0.0900. The van der Waals surface area contributed by atoms with Crippen LogP contribution in [0, 0.1) is 5.92 Å². The maximum atomic E-state index is 11.4. The summed E-state index contributed by atoms with van der Waals surface area (Å²) in [7, 11) is -0.716. The van der Waals surface area contributed by atoms with Crippen LogP contribution in [0.5, 0.6) is 0 Å². The van der Waals surface area contributed by atoms with Crippen molar-refractivity contribution in [1.29, 1.82) is 0 Å². The first-order chi connectivity index (χ1) is 7.57. The van der Waals surface area contributed by atoms with E-state index >= 15 is 0 Å². The number of nitrogens with one attached hydrogen (secondary N) is 1. The molecule has 2 atom stereocenters. The summed E-state index contributed by atoms with van der Waals surface area (Å²) in [4.78, 5) is 0. The van der Waals surface area contributed by atoms with Gasteiger partial charge in [-0.05, 0) is 32.2 Å². The molecule has 4 heteroatoms. The lowest BCUT2D eigenvalue weighted by Gasteiger charge is -2.19. The van der Waals surface area contributed by atoms with Crippen LogP contribution in [0.25, 0.3) is 0 Å². The number of rotatable bonds is 7. The molecule has 0 aromatic heterocycles. The highest BCUT2D eigenvalue weighted by Crippen LogP contribution is 2.24. The van der Waals surface area contributed by atoms with Crippen LogP contribution in [0.4, 0.5) is 0 Å². The van der Waals surface area contributed by atoms with Gasteiger partial charge in [0.25, 0.3) is 0 Å². The van der Waals surface area contributed by atoms with Gasteiger partial charge < -0.3 is 5.32 Å². The Kier molecular flexibility index (Phi) is 5.76. The first kappa shape index (κ1) is 14.0. The molecular formula is C12H25NO2S. The summed E-state index contributed by atoms with van der Waals surface area (Å²) in [6, 6.07) is 0.504. The van der Waals surface area contributed by atoms with E-state index in [4.69, 9.17) is 0 Å². The van der Waals surface area contributed by atoms with Crippen molar-refractivity contribution < 1.29 is 8.42 Å². The summed E-state index contributed by atoms with van der Waals surface area (Å²) < 4.78 is 22.7. The van der Waals surface area contributed by atoms with Crippen molar-refractivity contribution in [3.05, 3.63) is 0 Å². The Morgan fingerprint density at radius 3 is 2.62 bits per heavy atom. The van der Waals surface area contributed by atoms with Gasteiger partial charge in [-0.1, -0.05) is 26.2 Å². The van der Waals surface area contributed by atoms with Crippen LogP contribution in [-0.4, -0.2) is 33.0 Å². The maximum absolute atomic E-state index is 11.4. The Labute approximate surface area is 99.9 Å². The van der Waals surface area contributed by atoms with Gasteiger partial charge in [0.1, 0.15) is 0 Å². The number of sulfone groups is 1. The molecule has 16 heavy (non-hydrogen) atoms. The Balaban J connectivity index is 2.28. The summed E-state index contributed by atoms with van der Waals surface area (Å²) in [5, 5.41) is 3.32. The van der Waals surface area contributed by atoms with E-state index in [2.05, 4.69) is 12.2 Å². The largest absolute Gasteiger partial charge is 0.317 e. The van der Waals surface area contributed by atoms with Crippen molar-refractivity contribution in [3.63, 3.8) is 0 Å².